The summed E-state index contributed by atoms with van der Waals surface area (Å²) in [6.45, 7) is 3.62. The molecule has 0 saturated heterocycles. The van der Waals surface area contributed by atoms with E-state index in [0.29, 0.717) is 6.61 Å². The highest BCUT2D eigenvalue weighted by Gasteiger charge is 2.26. The fourth-order valence-electron chi connectivity index (χ4n) is 8.54. The standard InChI is InChI=1S/C54H109O9P/c1-3-5-7-9-11-13-15-17-19-21-23-24-25-26-27-28-29-30-32-34-36-38-40-42-44-46-54(57)63-53(51-62-64(58,59)61-49-52(56)48-55)50-60-47-45-43-41-39-37-35-33-31-22-20-18-16-14-12-10-8-6-4-2/h52-53,55-56H,3-51H2,1-2H3,(H,58,59)/t52-,53+/m0/s1. The van der Waals surface area contributed by atoms with Crippen molar-refractivity contribution in [2.45, 2.75) is 309 Å². The van der Waals surface area contributed by atoms with Crippen molar-refractivity contribution in [3.05, 3.63) is 0 Å². The predicted octanol–water partition coefficient (Wildman–Crippen LogP) is 16.6. The molecule has 0 radical (unpaired) electrons. The minimum Gasteiger partial charge on any atom is -0.457 e. The van der Waals surface area contributed by atoms with Gasteiger partial charge in [-0.1, -0.05) is 277 Å². The Morgan fingerprint density at radius 3 is 1.02 bits per heavy atom. The third-order valence-electron chi connectivity index (χ3n) is 12.8. The number of phosphoric ester groups is 1. The van der Waals surface area contributed by atoms with Crippen LogP contribution in [0, 0.1) is 0 Å². The Bertz CT molecular complexity index is 969. The van der Waals surface area contributed by atoms with Gasteiger partial charge >= 0.3 is 13.8 Å². The number of rotatable bonds is 55. The van der Waals surface area contributed by atoms with Gasteiger partial charge in [0, 0.05) is 13.0 Å². The number of ether oxygens (including phenoxy) is 2. The number of carbonyl (C=O) groups excluding carboxylic acids is 1. The maximum absolute atomic E-state index is 12.7. The van der Waals surface area contributed by atoms with E-state index in [9.17, 15) is 19.4 Å². The van der Waals surface area contributed by atoms with Crippen LogP contribution in [0.2, 0.25) is 0 Å². The first kappa shape index (κ1) is 63.5. The van der Waals surface area contributed by atoms with Gasteiger partial charge in [0.05, 0.1) is 26.4 Å². The molecule has 3 atom stereocenters. The summed E-state index contributed by atoms with van der Waals surface area (Å²) in [7, 11) is -4.52. The summed E-state index contributed by atoms with van der Waals surface area (Å²) in [5.74, 6) is -0.371. The molecule has 0 aromatic rings. The summed E-state index contributed by atoms with van der Waals surface area (Å²) in [4.78, 5) is 22.7. The van der Waals surface area contributed by atoms with Crippen LogP contribution in [-0.2, 0) is 27.9 Å². The van der Waals surface area contributed by atoms with Gasteiger partial charge in [-0.15, -0.1) is 0 Å². The van der Waals surface area contributed by atoms with Crippen molar-refractivity contribution in [3.63, 3.8) is 0 Å². The summed E-state index contributed by atoms with van der Waals surface area (Å²) in [6.07, 6.45) is 55.1. The molecule has 0 aliphatic heterocycles. The molecule has 3 N–H and O–H groups in total. The highest BCUT2D eigenvalue weighted by atomic mass is 31.2. The van der Waals surface area contributed by atoms with Crippen LogP contribution in [0.25, 0.3) is 0 Å². The lowest BCUT2D eigenvalue weighted by atomic mass is 10.0. The summed E-state index contributed by atoms with van der Waals surface area (Å²) in [5, 5.41) is 18.4. The van der Waals surface area contributed by atoms with Crippen LogP contribution in [0.3, 0.4) is 0 Å². The van der Waals surface area contributed by atoms with Crippen molar-refractivity contribution in [2.24, 2.45) is 0 Å². The number of carbonyl (C=O) groups is 1. The second-order valence-electron chi connectivity index (χ2n) is 19.3. The Hall–Kier alpha value is -0.540. The summed E-state index contributed by atoms with van der Waals surface area (Å²) in [5.41, 5.74) is 0. The van der Waals surface area contributed by atoms with E-state index in [0.717, 1.165) is 32.1 Å². The second-order valence-corrected chi connectivity index (χ2v) is 20.8. The van der Waals surface area contributed by atoms with Crippen molar-refractivity contribution < 1.29 is 43.0 Å². The number of unbranched alkanes of at least 4 members (excludes halogenated alkanes) is 41. The van der Waals surface area contributed by atoms with Gasteiger partial charge in [-0.2, -0.15) is 0 Å². The van der Waals surface area contributed by atoms with Crippen LogP contribution in [-0.4, -0.2) is 66.3 Å². The first-order chi connectivity index (χ1) is 31.3. The molecule has 9 nitrogen and oxygen atoms in total. The van der Waals surface area contributed by atoms with Crippen LogP contribution >= 0.6 is 7.82 Å². The third kappa shape index (κ3) is 50.9. The molecular weight excluding hydrogens is 824 g/mol. The molecule has 0 saturated carbocycles. The van der Waals surface area contributed by atoms with E-state index in [-0.39, 0.29) is 25.6 Å². The number of hydrogen-bond acceptors (Lipinski definition) is 8. The summed E-state index contributed by atoms with van der Waals surface area (Å²) in [6, 6.07) is 0. The molecule has 0 aliphatic rings. The normalized spacial score (nSPS) is 13.6. The first-order valence-electron chi connectivity index (χ1n) is 28.0. The van der Waals surface area contributed by atoms with Gasteiger partial charge in [-0.25, -0.2) is 4.57 Å². The fraction of sp³-hybridized carbons (Fsp3) is 0.981. The molecule has 0 aliphatic carbocycles. The molecule has 0 aromatic heterocycles. The van der Waals surface area contributed by atoms with Gasteiger partial charge in [-0.3, -0.25) is 13.8 Å². The van der Waals surface area contributed by atoms with Crippen molar-refractivity contribution in [1.29, 1.82) is 0 Å². The predicted molar refractivity (Wildman–Crippen MR) is 270 cm³/mol. The molecular formula is C54H109O9P. The van der Waals surface area contributed by atoms with E-state index in [1.165, 1.54) is 244 Å². The zero-order chi connectivity index (χ0) is 46.7. The van der Waals surface area contributed by atoms with Gasteiger partial charge in [0.15, 0.2) is 0 Å². The minimum atomic E-state index is -4.52. The van der Waals surface area contributed by atoms with Crippen molar-refractivity contribution >= 4 is 13.8 Å². The van der Waals surface area contributed by atoms with Crippen LogP contribution in [0.5, 0.6) is 0 Å². The topological polar surface area (TPSA) is 132 Å². The highest BCUT2D eigenvalue weighted by molar-refractivity contribution is 7.47. The van der Waals surface area contributed by atoms with Crippen LogP contribution in [0.4, 0.5) is 0 Å². The lowest BCUT2D eigenvalue weighted by Gasteiger charge is -2.20. The smallest absolute Gasteiger partial charge is 0.457 e. The average Bonchev–Trinajstić information content (AvgIpc) is 3.29. The van der Waals surface area contributed by atoms with E-state index < -0.39 is 33.2 Å². The molecule has 0 rings (SSSR count). The zero-order valence-electron chi connectivity index (χ0n) is 42.5. The van der Waals surface area contributed by atoms with Crippen LogP contribution in [0.1, 0.15) is 296 Å². The number of hydrogen-bond donors (Lipinski definition) is 3. The Labute approximate surface area is 397 Å². The third-order valence-corrected chi connectivity index (χ3v) is 13.7. The molecule has 64 heavy (non-hydrogen) atoms. The Kier molecular flexibility index (Phi) is 51.4. The van der Waals surface area contributed by atoms with E-state index >= 15 is 0 Å². The minimum absolute atomic E-state index is 0.0590. The monoisotopic (exact) mass is 933 g/mol. The Balaban J connectivity index is 3.94. The van der Waals surface area contributed by atoms with E-state index in [1.807, 2.05) is 0 Å². The molecule has 384 valence electrons. The molecule has 0 heterocycles. The summed E-state index contributed by atoms with van der Waals surface area (Å²) >= 11 is 0. The van der Waals surface area contributed by atoms with E-state index in [1.54, 1.807) is 0 Å². The van der Waals surface area contributed by atoms with Crippen LogP contribution < -0.4 is 0 Å². The fourth-order valence-corrected chi connectivity index (χ4v) is 9.33. The van der Waals surface area contributed by atoms with Gasteiger partial charge < -0.3 is 24.6 Å². The van der Waals surface area contributed by atoms with E-state index in [4.69, 9.17) is 23.6 Å². The average molecular weight is 933 g/mol. The molecule has 0 spiro atoms. The second kappa shape index (κ2) is 51.8. The van der Waals surface area contributed by atoms with Crippen molar-refractivity contribution in [2.75, 3.05) is 33.0 Å². The molecule has 1 unspecified atom stereocenters. The maximum Gasteiger partial charge on any atom is 0.472 e. The largest absolute Gasteiger partial charge is 0.472 e. The van der Waals surface area contributed by atoms with Gasteiger partial charge in [-0.05, 0) is 12.8 Å². The molecule has 10 heteroatoms. The van der Waals surface area contributed by atoms with Gasteiger partial charge in [0.1, 0.15) is 12.2 Å². The lowest BCUT2D eigenvalue weighted by Crippen LogP contribution is -2.29. The number of aliphatic hydroxyl groups is 2. The van der Waals surface area contributed by atoms with Gasteiger partial charge in [0.25, 0.3) is 0 Å². The maximum atomic E-state index is 12.7. The molecule has 0 amide bonds. The SMILES string of the molecule is CCCCCCCCCCCCCCCCCCCCCCCCCCCC(=O)O[C@H](COCCCCCCCCCCCCCCCCCCCC)COP(=O)(O)OC[C@@H](O)CO. The number of esters is 1. The molecule has 0 aromatic carbocycles. The molecule has 0 fully saturated rings. The first-order valence-corrected chi connectivity index (χ1v) is 29.5. The quantitative estimate of drug-likeness (QED) is 0.0310. The number of phosphoric acid groups is 1. The Morgan fingerprint density at radius 1 is 0.422 bits per heavy atom. The van der Waals surface area contributed by atoms with E-state index in [2.05, 4.69) is 13.8 Å². The molecule has 0 bridgehead atoms. The van der Waals surface area contributed by atoms with Crippen LogP contribution in [0.15, 0.2) is 0 Å². The Morgan fingerprint density at radius 2 is 0.703 bits per heavy atom. The highest BCUT2D eigenvalue weighted by Crippen LogP contribution is 2.43. The zero-order valence-corrected chi connectivity index (χ0v) is 43.4. The van der Waals surface area contributed by atoms with Gasteiger partial charge in [0.2, 0.25) is 0 Å². The summed E-state index contributed by atoms with van der Waals surface area (Å²) < 4.78 is 33.6. The van der Waals surface area contributed by atoms with Crippen molar-refractivity contribution in [1.82, 2.24) is 0 Å². The van der Waals surface area contributed by atoms with Crippen molar-refractivity contribution in [3.8, 4) is 0 Å². The number of aliphatic hydroxyl groups excluding tert-OH is 2. The lowest BCUT2D eigenvalue weighted by molar-refractivity contribution is -0.154.